The maximum absolute atomic E-state index is 13.2. The summed E-state index contributed by atoms with van der Waals surface area (Å²) in [5, 5.41) is 0. The number of anilines is 1. The van der Waals surface area contributed by atoms with E-state index in [1.807, 2.05) is 0 Å². The van der Waals surface area contributed by atoms with E-state index in [0.29, 0.717) is 34.6 Å². The van der Waals surface area contributed by atoms with Crippen LogP contribution in [0.1, 0.15) is 16.8 Å². The zero-order valence-corrected chi connectivity index (χ0v) is 16.9. The summed E-state index contributed by atoms with van der Waals surface area (Å²) >= 11 is 0. The number of imide groups is 1. The molecular formula is C25H21NO5. The fourth-order valence-electron chi connectivity index (χ4n) is 5.79. The Balaban J connectivity index is 1.21. The van der Waals surface area contributed by atoms with Gasteiger partial charge in [-0.1, -0.05) is 18.2 Å². The minimum atomic E-state index is -0.507. The summed E-state index contributed by atoms with van der Waals surface area (Å²) in [4.78, 5) is 40.1. The van der Waals surface area contributed by atoms with Crippen LogP contribution in [0, 0.1) is 35.5 Å². The molecule has 1 saturated heterocycles. The van der Waals surface area contributed by atoms with Crippen molar-refractivity contribution in [1.82, 2.24) is 0 Å². The molecule has 0 radical (unpaired) electrons. The molecule has 2 bridgehead atoms. The van der Waals surface area contributed by atoms with Gasteiger partial charge in [0.25, 0.3) is 0 Å². The summed E-state index contributed by atoms with van der Waals surface area (Å²) in [7, 11) is 1.53. The summed E-state index contributed by atoms with van der Waals surface area (Å²) < 4.78 is 10.6. The number of carbonyl (C=O) groups is 3. The van der Waals surface area contributed by atoms with Crippen molar-refractivity contribution < 1.29 is 23.9 Å². The van der Waals surface area contributed by atoms with E-state index in [-0.39, 0.29) is 35.5 Å². The molecule has 4 aliphatic carbocycles. The van der Waals surface area contributed by atoms with Crippen LogP contribution in [0.3, 0.4) is 0 Å². The van der Waals surface area contributed by atoms with Crippen molar-refractivity contribution >= 4 is 23.5 Å². The zero-order chi connectivity index (χ0) is 21.3. The van der Waals surface area contributed by atoms with Gasteiger partial charge in [0.05, 0.1) is 30.2 Å². The zero-order valence-electron chi connectivity index (χ0n) is 16.9. The second-order valence-electron chi connectivity index (χ2n) is 8.78. The third kappa shape index (κ3) is 2.67. The van der Waals surface area contributed by atoms with Gasteiger partial charge in [0, 0.05) is 0 Å². The van der Waals surface area contributed by atoms with Gasteiger partial charge in [-0.3, -0.25) is 14.5 Å². The van der Waals surface area contributed by atoms with Crippen molar-refractivity contribution in [3.05, 3.63) is 66.2 Å². The summed E-state index contributed by atoms with van der Waals surface area (Å²) in [5.74, 6) is 1.31. The van der Waals surface area contributed by atoms with Gasteiger partial charge in [-0.25, -0.2) is 4.79 Å². The van der Waals surface area contributed by atoms with Crippen LogP contribution < -0.4 is 14.4 Å². The average Bonchev–Trinajstić information content (AvgIpc) is 3.58. The molecule has 2 amide bonds. The number of benzene rings is 2. The number of allylic oxidation sites excluding steroid dienone is 2. The van der Waals surface area contributed by atoms with Crippen molar-refractivity contribution in [2.45, 2.75) is 6.42 Å². The Morgan fingerprint density at radius 1 is 0.903 bits per heavy atom. The lowest BCUT2D eigenvalue weighted by atomic mass is 9.63. The molecule has 6 heteroatoms. The number of methoxy groups -OCH3 is 1. The van der Waals surface area contributed by atoms with E-state index in [4.69, 9.17) is 9.47 Å². The molecule has 7 rings (SSSR count). The highest BCUT2D eigenvalue weighted by atomic mass is 16.5. The molecule has 2 aromatic carbocycles. The number of ether oxygens (including phenoxy) is 2. The van der Waals surface area contributed by atoms with Crippen molar-refractivity contribution in [1.29, 1.82) is 0 Å². The lowest BCUT2D eigenvalue weighted by molar-refractivity contribution is -0.124. The van der Waals surface area contributed by atoms with Crippen molar-refractivity contribution in [2.75, 3.05) is 12.0 Å². The fraction of sp³-hybridized carbons (Fsp3) is 0.320. The molecule has 0 aromatic heterocycles. The second-order valence-corrected chi connectivity index (χ2v) is 8.78. The number of nitrogens with zero attached hydrogens (tertiary/aromatic N) is 1. The van der Waals surface area contributed by atoms with Crippen LogP contribution in [0.4, 0.5) is 5.69 Å². The smallest absolute Gasteiger partial charge is 0.343 e. The lowest BCUT2D eigenvalue weighted by Gasteiger charge is -2.37. The number of esters is 1. The molecule has 5 aliphatic rings. The molecule has 31 heavy (non-hydrogen) atoms. The second kappa shape index (κ2) is 6.54. The van der Waals surface area contributed by atoms with Gasteiger partial charge in [0.1, 0.15) is 11.5 Å². The first-order valence-electron chi connectivity index (χ1n) is 10.6. The predicted octanol–water partition coefficient (Wildman–Crippen LogP) is 3.47. The van der Waals surface area contributed by atoms with Gasteiger partial charge in [0.15, 0.2) is 0 Å². The predicted molar refractivity (Wildman–Crippen MR) is 112 cm³/mol. The summed E-state index contributed by atoms with van der Waals surface area (Å²) in [6, 6.07) is 13.3. The molecule has 0 spiro atoms. The Labute approximate surface area is 179 Å². The maximum atomic E-state index is 13.2. The Morgan fingerprint density at radius 3 is 2.16 bits per heavy atom. The summed E-state index contributed by atoms with van der Waals surface area (Å²) in [6.07, 6.45) is 5.47. The minimum Gasteiger partial charge on any atom is -0.497 e. The summed E-state index contributed by atoms with van der Waals surface area (Å²) in [6.45, 7) is 0. The number of amides is 2. The van der Waals surface area contributed by atoms with Crippen molar-refractivity contribution in [3.63, 3.8) is 0 Å². The Hall–Kier alpha value is -3.41. The van der Waals surface area contributed by atoms with Gasteiger partial charge >= 0.3 is 5.97 Å². The number of hydrogen-bond acceptors (Lipinski definition) is 5. The largest absolute Gasteiger partial charge is 0.497 e. The first-order valence-corrected chi connectivity index (χ1v) is 10.6. The number of hydrogen-bond donors (Lipinski definition) is 0. The molecule has 0 N–H and O–H groups in total. The van der Waals surface area contributed by atoms with E-state index in [1.165, 1.54) is 12.0 Å². The van der Waals surface area contributed by atoms with E-state index >= 15 is 0 Å². The van der Waals surface area contributed by atoms with Crippen LogP contribution in [0.25, 0.3) is 0 Å². The SMILES string of the molecule is COc1cccc(C(=O)Oc2ccc(N3C(=O)[C@@H]4[C@@H]5C=C[C@H]([C@H]6C[C@H]56)[C@H]4C3=O)cc2)c1. The van der Waals surface area contributed by atoms with Crippen LogP contribution in [-0.4, -0.2) is 24.9 Å². The molecule has 6 atom stereocenters. The van der Waals surface area contributed by atoms with Crippen molar-refractivity contribution in [2.24, 2.45) is 35.5 Å². The minimum absolute atomic E-state index is 0.0965. The highest BCUT2D eigenvalue weighted by molar-refractivity contribution is 6.22. The van der Waals surface area contributed by atoms with Gasteiger partial charge in [0.2, 0.25) is 11.8 Å². The number of rotatable bonds is 4. The number of carbonyl (C=O) groups excluding carboxylic acids is 3. The molecule has 3 fully saturated rings. The standard InChI is InChI=1S/C25H21NO5/c1-30-16-4-2-3-13(11-16)25(29)31-15-7-5-14(6-8-15)26-23(27)21-17-9-10-18(20-12-19(17)20)22(21)24(26)28/h2-11,17-22H,12H2,1H3/t17-,18-,19-,20-,21-,22-/m1/s1. The maximum Gasteiger partial charge on any atom is 0.343 e. The average molecular weight is 415 g/mol. The van der Waals surface area contributed by atoms with E-state index in [1.54, 1.807) is 48.5 Å². The Kier molecular flexibility index (Phi) is 3.88. The topological polar surface area (TPSA) is 72.9 Å². The lowest BCUT2D eigenvalue weighted by Crippen LogP contribution is -2.40. The Morgan fingerprint density at radius 2 is 1.55 bits per heavy atom. The summed E-state index contributed by atoms with van der Waals surface area (Å²) in [5.41, 5.74) is 0.901. The molecule has 6 nitrogen and oxygen atoms in total. The van der Waals surface area contributed by atoms with E-state index in [2.05, 4.69) is 12.2 Å². The molecule has 156 valence electrons. The first-order chi connectivity index (χ1) is 15.1. The normalized spacial score (nSPS) is 32.0. The fourth-order valence-corrected chi connectivity index (χ4v) is 5.79. The van der Waals surface area contributed by atoms with Crippen LogP contribution in [-0.2, 0) is 9.59 Å². The molecule has 1 heterocycles. The quantitative estimate of drug-likeness (QED) is 0.331. The third-order valence-electron chi connectivity index (χ3n) is 7.27. The Bertz CT molecular complexity index is 1100. The highest BCUT2D eigenvalue weighted by Crippen LogP contribution is 2.65. The van der Waals surface area contributed by atoms with Gasteiger partial charge in [-0.2, -0.15) is 0 Å². The third-order valence-corrected chi connectivity index (χ3v) is 7.27. The van der Waals surface area contributed by atoms with Gasteiger partial charge in [-0.05, 0) is 72.6 Å². The first kappa shape index (κ1) is 18.4. The molecule has 1 aliphatic heterocycles. The molecule has 0 unspecified atom stereocenters. The van der Waals surface area contributed by atoms with Crippen molar-refractivity contribution in [3.8, 4) is 11.5 Å². The van der Waals surface area contributed by atoms with Gasteiger partial charge < -0.3 is 9.47 Å². The van der Waals surface area contributed by atoms with Crippen LogP contribution in [0.5, 0.6) is 11.5 Å². The van der Waals surface area contributed by atoms with E-state index < -0.39 is 5.97 Å². The highest BCUT2D eigenvalue weighted by Gasteiger charge is 2.67. The van der Waals surface area contributed by atoms with Crippen LogP contribution >= 0.6 is 0 Å². The molecule has 2 aromatic rings. The van der Waals surface area contributed by atoms with E-state index in [9.17, 15) is 14.4 Å². The molecule has 2 saturated carbocycles. The monoisotopic (exact) mass is 415 g/mol. The van der Waals surface area contributed by atoms with Gasteiger partial charge in [-0.15, -0.1) is 0 Å². The van der Waals surface area contributed by atoms with Crippen LogP contribution in [0.2, 0.25) is 0 Å². The molecular weight excluding hydrogens is 394 g/mol. The van der Waals surface area contributed by atoms with Crippen LogP contribution in [0.15, 0.2) is 60.7 Å². The van der Waals surface area contributed by atoms with E-state index in [0.717, 1.165) is 6.42 Å².